The zero-order chi connectivity index (χ0) is 24.0. The van der Waals surface area contributed by atoms with Gasteiger partial charge in [-0.3, -0.25) is 0 Å². The summed E-state index contributed by atoms with van der Waals surface area (Å²) in [6, 6.07) is 19.9. The first-order chi connectivity index (χ1) is 16.5. The Balaban J connectivity index is 1.60. The topological polar surface area (TPSA) is 72.5 Å². The van der Waals surface area contributed by atoms with Gasteiger partial charge < -0.3 is 28.4 Å². The summed E-state index contributed by atoms with van der Waals surface area (Å²) in [6.45, 7) is 4.62. The van der Waals surface area contributed by atoms with Crippen LogP contribution in [0.15, 0.2) is 60.7 Å². The van der Waals surface area contributed by atoms with Gasteiger partial charge in [0.25, 0.3) is 5.79 Å². The van der Waals surface area contributed by atoms with Crippen molar-refractivity contribution in [3.63, 3.8) is 0 Å². The number of methoxy groups -OCH3 is 1. The Kier molecular flexibility index (Phi) is 8.63. The van der Waals surface area contributed by atoms with Crippen LogP contribution in [0, 0.1) is 0 Å². The highest BCUT2D eigenvalue weighted by atomic mass is 32.2. The van der Waals surface area contributed by atoms with Gasteiger partial charge >= 0.3 is 5.97 Å². The molecule has 0 aromatic heterocycles. The quantitative estimate of drug-likeness (QED) is 0.492. The third kappa shape index (κ3) is 5.82. The molecular formula is C26H32O7S. The van der Waals surface area contributed by atoms with Crippen LogP contribution >= 0.6 is 11.8 Å². The largest absolute Gasteiger partial charge is 0.465 e. The lowest BCUT2D eigenvalue weighted by molar-refractivity contribution is -0.355. The van der Waals surface area contributed by atoms with Crippen molar-refractivity contribution in [2.45, 2.75) is 62.7 Å². The van der Waals surface area contributed by atoms with E-state index in [1.165, 1.54) is 7.11 Å². The van der Waals surface area contributed by atoms with Gasteiger partial charge in [0, 0.05) is 6.92 Å². The molecule has 2 aliphatic rings. The van der Waals surface area contributed by atoms with Gasteiger partial charge in [-0.1, -0.05) is 67.6 Å². The average Bonchev–Trinajstić information content (AvgIpc) is 2.87. The first-order valence-electron chi connectivity index (χ1n) is 11.5. The summed E-state index contributed by atoms with van der Waals surface area (Å²) in [5.41, 5.74) is 1.82. The number of hydrogen-bond acceptors (Lipinski definition) is 8. The molecule has 0 spiro atoms. The maximum atomic E-state index is 12.4. The van der Waals surface area contributed by atoms with E-state index in [1.807, 2.05) is 60.7 Å². The van der Waals surface area contributed by atoms with Gasteiger partial charge in [0.1, 0.15) is 29.9 Å². The van der Waals surface area contributed by atoms with Crippen LogP contribution < -0.4 is 0 Å². The smallest absolute Gasteiger partial charge is 0.366 e. The monoisotopic (exact) mass is 488 g/mol. The van der Waals surface area contributed by atoms with E-state index in [1.54, 1.807) is 18.7 Å². The fourth-order valence-corrected chi connectivity index (χ4v) is 5.15. The highest BCUT2D eigenvalue weighted by Crippen LogP contribution is 2.39. The number of esters is 1. The summed E-state index contributed by atoms with van der Waals surface area (Å²) in [5, 5.41) is 0. The third-order valence-corrected chi connectivity index (χ3v) is 6.97. The predicted octanol–water partition coefficient (Wildman–Crippen LogP) is 3.94. The van der Waals surface area contributed by atoms with Crippen molar-refractivity contribution >= 4 is 17.7 Å². The number of carbonyl (C=O) groups is 1. The van der Waals surface area contributed by atoms with E-state index in [-0.39, 0.29) is 12.0 Å². The van der Waals surface area contributed by atoms with Crippen molar-refractivity contribution in [3.05, 3.63) is 71.8 Å². The molecule has 2 heterocycles. The molecule has 1 unspecified atom stereocenters. The minimum Gasteiger partial charge on any atom is -0.465 e. The summed E-state index contributed by atoms with van der Waals surface area (Å²) < 4.78 is 36.2. The maximum absolute atomic E-state index is 12.4. The molecule has 8 heteroatoms. The van der Waals surface area contributed by atoms with Crippen LogP contribution in [0.2, 0.25) is 0 Å². The van der Waals surface area contributed by atoms with E-state index in [0.29, 0.717) is 13.2 Å². The summed E-state index contributed by atoms with van der Waals surface area (Å²) in [7, 11) is 1.31. The minimum atomic E-state index is -1.54. The van der Waals surface area contributed by atoms with Crippen LogP contribution in [0.1, 0.15) is 25.0 Å². The Bertz CT molecular complexity index is 912. The SMILES string of the molecule is CCS[C@H]1O[C@@H]2COC(C)(C(=O)OC)O[C@H]2[C@H](OCc2ccccc2)[C@@H]1OCc1ccccc1. The molecular weight excluding hydrogens is 456 g/mol. The van der Waals surface area contributed by atoms with E-state index in [9.17, 15) is 4.79 Å². The molecule has 34 heavy (non-hydrogen) atoms. The second-order valence-corrected chi connectivity index (χ2v) is 9.73. The Morgan fingerprint density at radius 2 is 1.59 bits per heavy atom. The highest BCUT2D eigenvalue weighted by Gasteiger charge is 2.56. The van der Waals surface area contributed by atoms with Gasteiger partial charge in [-0.15, -0.1) is 11.8 Å². The number of carbonyl (C=O) groups excluding carboxylic acids is 1. The molecule has 4 rings (SSSR count). The van der Waals surface area contributed by atoms with Crippen LogP contribution in [0.25, 0.3) is 0 Å². The Morgan fingerprint density at radius 1 is 1.00 bits per heavy atom. The molecule has 6 atom stereocenters. The molecule has 7 nitrogen and oxygen atoms in total. The molecule has 0 N–H and O–H groups in total. The van der Waals surface area contributed by atoms with Crippen LogP contribution in [-0.2, 0) is 46.4 Å². The maximum Gasteiger partial charge on any atom is 0.366 e. The van der Waals surface area contributed by atoms with Crippen LogP contribution in [0.5, 0.6) is 0 Å². The fourth-order valence-electron chi connectivity index (χ4n) is 4.18. The predicted molar refractivity (Wildman–Crippen MR) is 128 cm³/mol. The first-order valence-corrected chi connectivity index (χ1v) is 12.6. The van der Waals surface area contributed by atoms with Gasteiger partial charge in [0.15, 0.2) is 0 Å². The number of thioether (sulfide) groups is 1. The molecule has 2 aromatic rings. The molecule has 2 aromatic carbocycles. The molecule has 0 aliphatic carbocycles. The van der Waals surface area contributed by atoms with Crippen molar-refractivity contribution in [1.29, 1.82) is 0 Å². The molecule has 2 aliphatic heterocycles. The van der Waals surface area contributed by atoms with E-state index in [4.69, 9.17) is 28.4 Å². The molecule has 2 saturated heterocycles. The van der Waals surface area contributed by atoms with Crippen LogP contribution in [0.4, 0.5) is 0 Å². The number of fused-ring (bicyclic) bond motifs is 1. The van der Waals surface area contributed by atoms with Crippen molar-refractivity contribution < 1.29 is 33.2 Å². The number of ether oxygens (including phenoxy) is 6. The molecule has 2 fully saturated rings. The van der Waals surface area contributed by atoms with Crippen molar-refractivity contribution in [2.75, 3.05) is 19.5 Å². The summed E-state index contributed by atoms with van der Waals surface area (Å²) in [5.74, 6) is -1.29. The highest BCUT2D eigenvalue weighted by molar-refractivity contribution is 7.99. The fraction of sp³-hybridized carbons (Fsp3) is 0.500. The zero-order valence-corrected chi connectivity index (χ0v) is 20.6. The normalized spacial score (nSPS) is 31.0. The van der Waals surface area contributed by atoms with Gasteiger partial charge in [-0.25, -0.2) is 4.79 Å². The Labute approximate surface area is 205 Å². The van der Waals surface area contributed by atoms with E-state index < -0.39 is 36.2 Å². The average molecular weight is 489 g/mol. The lowest BCUT2D eigenvalue weighted by atomic mass is 9.97. The number of rotatable bonds is 9. The van der Waals surface area contributed by atoms with Crippen molar-refractivity contribution in [3.8, 4) is 0 Å². The van der Waals surface area contributed by atoms with Crippen molar-refractivity contribution in [2.24, 2.45) is 0 Å². The van der Waals surface area contributed by atoms with Gasteiger partial charge in [0.2, 0.25) is 0 Å². The molecule has 0 saturated carbocycles. The molecule has 184 valence electrons. The number of benzene rings is 2. The van der Waals surface area contributed by atoms with Gasteiger partial charge in [-0.05, 0) is 16.9 Å². The first kappa shape index (κ1) is 25.2. The van der Waals surface area contributed by atoms with E-state index in [0.717, 1.165) is 16.9 Å². The van der Waals surface area contributed by atoms with Crippen molar-refractivity contribution in [1.82, 2.24) is 0 Å². The van der Waals surface area contributed by atoms with E-state index in [2.05, 4.69) is 6.92 Å². The van der Waals surface area contributed by atoms with Gasteiger partial charge in [0.05, 0.1) is 26.9 Å². The van der Waals surface area contributed by atoms with E-state index >= 15 is 0 Å². The molecule has 0 amide bonds. The lowest BCUT2D eigenvalue weighted by Crippen LogP contribution is -2.66. The summed E-state index contributed by atoms with van der Waals surface area (Å²) in [4.78, 5) is 12.4. The minimum absolute atomic E-state index is 0.188. The summed E-state index contributed by atoms with van der Waals surface area (Å²) in [6.07, 6.45) is -1.88. The third-order valence-electron chi connectivity index (χ3n) is 5.93. The lowest BCUT2D eigenvalue weighted by Gasteiger charge is -2.50. The number of hydrogen-bond donors (Lipinski definition) is 0. The Hall–Kier alpha value is -1.94. The second-order valence-electron chi connectivity index (χ2n) is 8.35. The van der Waals surface area contributed by atoms with Crippen LogP contribution in [0.3, 0.4) is 0 Å². The molecule has 0 radical (unpaired) electrons. The zero-order valence-electron chi connectivity index (χ0n) is 19.8. The summed E-state index contributed by atoms with van der Waals surface area (Å²) >= 11 is 1.66. The van der Waals surface area contributed by atoms with Crippen LogP contribution in [-0.4, -0.2) is 61.1 Å². The Morgan fingerprint density at radius 3 is 2.15 bits per heavy atom. The van der Waals surface area contributed by atoms with Gasteiger partial charge in [-0.2, -0.15) is 0 Å². The standard InChI is InChI=1S/C26H32O7S/c1-4-34-24-23(30-16-19-13-9-6-10-14-19)22(29-15-18-11-7-5-8-12-18)21-20(32-24)17-31-26(2,33-21)25(27)28-3/h5-14,20-24H,4,15-17H2,1-3H3/t20-,21-,22+,23+,24-,26?/m1/s1. The molecule has 0 bridgehead atoms. The second kappa shape index (κ2) is 11.7.